The van der Waals surface area contributed by atoms with E-state index in [-0.39, 0.29) is 42.9 Å². The Hall–Kier alpha value is -4.38. The molecule has 0 unspecified atom stereocenters. The number of ether oxygens (including phenoxy) is 4. The number of pyridine rings is 1. The molecule has 3 aromatic heterocycles. The number of carbonyl (C=O) groups excluding carboxylic acids is 2. The summed E-state index contributed by atoms with van der Waals surface area (Å²) in [6.45, 7) is 6.46. The second-order valence-corrected chi connectivity index (χ2v) is 10.2. The number of aryl methyl sites for hydroxylation is 1. The number of carbonyl (C=O) groups is 2. The van der Waals surface area contributed by atoms with Gasteiger partial charge >= 0.3 is 12.2 Å². The molecule has 0 aliphatic carbocycles. The molecule has 0 bridgehead atoms. The van der Waals surface area contributed by atoms with Crippen molar-refractivity contribution < 1.29 is 32.9 Å². The van der Waals surface area contributed by atoms with E-state index in [9.17, 15) is 14.0 Å². The zero-order valence-electron chi connectivity index (χ0n) is 24.8. The van der Waals surface area contributed by atoms with E-state index in [1.54, 1.807) is 24.4 Å². The number of aromatic nitrogens is 4. The van der Waals surface area contributed by atoms with Crippen molar-refractivity contribution >= 4 is 80.3 Å². The molecule has 1 aliphatic rings. The fraction of sp³-hybridized carbons (Fsp3) is 0.267. The van der Waals surface area contributed by atoms with E-state index in [2.05, 4.69) is 25.3 Å². The third-order valence-electron chi connectivity index (χ3n) is 6.26. The average molecular weight is 749 g/mol. The minimum atomic E-state index is -0.733. The van der Waals surface area contributed by atoms with Crippen LogP contribution < -0.4 is 19.7 Å². The molecule has 15 heteroatoms. The van der Waals surface area contributed by atoms with Gasteiger partial charge in [-0.2, -0.15) is 0 Å². The predicted octanol–water partition coefficient (Wildman–Crippen LogP) is 6.99. The maximum absolute atomic E-state index is 14.8. The number of hydrogen-bond donors (Lipinski definition) is 1. The third kappa shape index (κ3) is 7.65. The third-order valence-corrected chi connectivity index (χ3v) is 7.31. The van der Waals surface area contributed by atoms with Gasteiger partial charge in [-0.15, -0.1) is 35.3 Å². The maximum Gasteiger partial charge on any atom is 0.415 e. The number of hydrogen-bond acceptors (Lipinski definition) is 11. The highest BCUT2D eigenvalue weighted by Gasteiger charge is 2.24. The van der Waals surface area contributed by atoms with Gasteiger partial charge in [-0.05, 0) is 36.8 Å². The molecule has 0 atom stereocenters. The summed E-state index contributed by atoms with van der Waals surface area (Å²) < 4.78 is 36.3. The number of thiazole rings is 1. The number of nitrogens with one attached hydrogen (secondary N) is 1. The summed E-state index contributed by atoms with van der Waals surface area (Å²) in [7, 11) is 1.53. The first kappa shape index (κ1) is 33.5. The highest BCUT2D eigenvalue weighted by atomic mass is 127. The molecular formula is C30H30FIN6O6S. The van der Waals surface area contributed by atoms with E-state index < -0.39 is 18.0 Å². The summed E-state index contributed by atoms with van der Waals surface area (Å²) in [6.07, 6.45) is 1.74. The Balaban J connectivity index is 0.00000151. The number of methoxy groups -OCH3 is 1. The molecule has 1 N–H and O–H groups in total. The molecule has 45 heavy (non-hydrogen) atoms. The van der Waals surface area contributed by atoms with Crippen LogP contribution in [0.1, 0.15) is 19.4 Å². The van der Waals surface area contributed by atoms with Crippen molar-refractivity contribution in [2.45, 2.75) is 20.8 Å². The van der Waals surface area contributed by atoms with Crippen LogP contribution in [0.2, 0.25) is 0 Å². The van der Waals surface area contributed by atoms with Crippen molar-refractivity contribution in [1.29, 1.82) is 0 Å². The molecule has 5 aromatic rings. The van der Waals surface area contributed by atoms with Gasteiger partial charge in [0.25, 0.3) is 0 Å². The largest absolute Gasteiger partial charge is 0.487 e. The zero-order valence-corrected chi connectivity index (χ0v) is 28.0. The molecule has 1 aliphatic heterocycles. The molecule has 0 spiro atoms. The first-order valence-electron chi connectivity index (χ1n) is 13.8. The predicted molar refractivity (Wildman–Crippen MR) is 180 cm³/mol. The fourth-order valence-corrected chi connectivity index (χ4v) is 5.32. The van der Waals surface area contributed by atoms with Gasteiger partial charge in [0.05, 0.1) is 53.0 Å². The summed E-state index contributed by atoms with van der Waals surface area (Å²) in [5, 5.41) is 3.20. The highest BCUT2D eigenvalue weighted by Crippen LogP contribution is 2.37. The van der Waals surface area contributed by atoms with Crippen molar-refractivity contribution in [1.82, 2.24) is 19.9 Å². The van der Waals surface area contributed by atoms with Gasteiger partial charge in [0, 0.05) is 17.7 Å². The smallest absolute Gasteiger partial charge is 0.415 e. The molecule has 236 valence electrons. The number of benzene rings is 2. The molecule has 0 saturated carbocycles. The van der Waals surface area contributed by atoms with E-state index in [0.29, 0.717) is 56.8 Å². The summed E-state index contributed by atoms with van der Waals surface area (Å²) in [6, 6.07) is 9.93. The molecule has 1 fully saturated rings. The van der Waals surface area contributed by atoms with Gasteiger partial charge in [0.1, 0.15) is 30.6 Å². The van der Waals surface area contributed by atoms with Crippen LogP contribution in [0, 0.1) is 12.7 Å². The fourth-order valence-electron chi connectivity index (χ4n) is 4.33. The average Bonchev–Trinajstić information content (AvgIpc) is 3.65. The quantitative estimate of drug-likeness (QED) is 0.131. The SMILES string of the molecule is CC.COc1cnc2c(-c3nc4cc(F)c(OCCOC(=O)Nc5ccc(N6CCOC6=O)nc5)cc4s3)cc(C)cc2n1.I. The summed E-state index contributed by atoms with van der Waals surface area (Å²) in [4.78, 5) is 42.9. The first-order chi connectivity index (χ1) is 21.4. The minimum absolute atomic E-state index is 0. The first-order valence-corrected chi connectivity index (χ1v) is 14.6. The highest BCUT2D eigenvalue weighted by molar-refractivity contribution is 14.0. The number of nitrogens with zero attached hydrogens (tertiary/aromatic N) is 5. The minimum Gasteiger partial charge on any atom is -0.487 e. The van der Waals surface area contributed by atoms with Gasteiger partial charge in [0.2, 0.25) is 5.88 Å². The van der Waals surface area contributed by atoms with E-state index in [4.69, 9.17) is 18.9 Å². The zero-order chi connectivity index (χ0) is 31.2. The Labute approximate surface area is 278 Å². The van der Waals surface area contributed by atoms with E-state index in [1.165, 1.54) is 35.6 Å². The van der Waals surface area contributed by atoms with Gasteiger partial charge in [-0.25, -0.2) is 33.9 Å². The van der Waals surface area contributed by atoms with E-state index in [0.717, 1.165) is 11.1 Å². The Bertz CT molecular complexity index is 1820. The molecule has 2 amide bonds. The standard InChI is InChI=1S/C28H23FN6O6S.C2H6.HI/c1-15-9-17(25-20(10-15)33-24(38-2)14-31-25)26-34-19-11-18(29)21(12-22(19)42-26)39-7-8-40-27(36)32-16-3-4-23(30-13-16)35-5-6-41-28(35)37;1-2;/h3-4,9-14H,5-8H2,1-2H3,(H,32,36);1-2H3;1H. The molecule has 6 rings (SSSR count). The van der Waals surface area contributed by atoms with Crippen LogP contribution in [-0.2, 0) is 9.47 Å². The van der Waals surface area contributed by atoms with Gasteiger partial charge in [0.15, 0.2) is 11.6 Å². The van der Waals surface area contributed by atoms with Crippen molar-refractivity contribution in [2.75, 3.05) is 43.7 Å². The molecular weight excluding hydrogens is 718 g/mol. The molecule has 0 radical (unpaired) electrons. The van der Waals surface area contributed by atoms with Crippen LogP contribution in [0.15, 0.2) is 48.8 Å². The molecule has 1 saturated heterocycles. The van der Waals surface area contributed by atoms with Gasteiger partial charge < -0.3 is 18.9 Å². The number of amides is 2. The number of fused-ring (bicyclic) bond motifs is 2. The van der Waals surface area contributed by atoms with E-state index >= 15 is 0 Å². The topological polar surface area (TPSA) is 138 Å². The van der Waals surface area contributed by atoms with Crippen LogP contribution in [0.5, 0.6) is 11.6 Å². The second kappa shape index (κ2) is 15.1. The monoisotopic (exact) mass is 748 g/mol. The number of anilines is 2. The molecule has 4 heterocycles. The van der Waals surface area contributed by atoms with Crippen molar-refractivity contribution in [2.24, 2.45) is 0 Å². The summed E-state index contributed by atoms with van der Waals surface area (Å²) in [5.41, 5.74) is 3.95. The second-order valence-electron chi connectivity index (χ2n) is 9.14. The Morgan fingerprint density at radius 1 is 1.09 bits per heavy atom. The number of cyclic esters (lactones) is 1. The van der Waals surface area contributed by atoms with Crippen LogP contribution in [0.4, 0.5) is 25.5 Å². The van der Waals surface area contributed by atoms with Crippen LogP contribution >= 0.6 is 35.3 Å². The summed E-state index contributed by atoms with van der Waals surface area (Å²) in [5.74, 6) is 0.251. The lowest BCUT2D eigenvalue weighted by atomic mass is 10.1. The molecule has 12 nitrogen and oxygen atoms in total. The Morgan fingerprint density at radius 2 is 1.91 bits per heavy atom. The maximum atomic E-state index is 14.8. The van der Waals surface area contributed by atoms with Crippen molar-refractivity contribution in [3.63, 3.8) is 0 Å². The normalized spacial score (nSPS) is 12.2. The van der Waals surface area contributed by atoms with E-state index in [1.807, 2.05) is 32.9 Å². The Morgan fingerprint density at radius 3 is 2.62 bits per heavy atom. The van der Waals surface area contributed by atoms with Crippen LogP contribution in [0.3, 0.4) is 0 Å². The lowest BCUT2D eigenvalue weighted by Crippen LogP contribution is -2.24. The lowest BCUT2D eigenvalue weighted by Gasteiger charge is -2.12. The Kier molecular flexibility index (Phi) is 11.2. The number of rotatable bonds is 8. The van der Waals surface area contributed by atoms with Gasteiger partial charge in [-0.3, -0.25) is 10.2 Å². The van der Waals surface area contributed by atoms with Crippen molar-refractivity contribution in [3.05, 3.63) is 60.2 Å². The van der Waals surface area contributed by atoms with Gasteiger partial charge in [-0.1, -0.05) is 13.8 Å². The van der Waals surface area contributed by atoms with Crippen LogP contribution in [-0.4, -0.2) is 65.6 Å². The molecule has 2 aromatic carbocycles. The van der Waals surface area contributed by atoms with Crippen molar-refractivity contribution in [3.8, 4) is 22.2 Å². The van der Waals surface area contributed by atoms with Crippen LogP contribution in [0.25, 0.3) is 31.8 Å². The summed E-state index contributed by atoms with van der Waals surface area (Å²) >= 11 is 1.37. The number of halogens is 2. The lowest BCUT2D eigenvalue weighted by molar-refractivity contribution is 0.136.